The Bertz CT molecular complexity index is 247. The van der Waals surface area contributed by atoms with Crippen LogP contribution in [0.25, 0.3) is 0 Å². The lowest BCUT2D eigenvalue weighted by atomic mass is 9.96. The molecule has 0 rings (SSSR count). The van der Waals surface area contributed by atoms with E-state index in [-0.39, 0.29) is 24.3 Å². The molecule has 0 saturated carbocycles. The third-order valence-corrected chi connectivity index (χ3v) is 3.38. The maximum absolute atomic E-state index is 11.4. The minimum Gasteiger partial charge on any atom is -0.396 e. The van der Waals surface area contributed by atoms with Gasteiger partial charge < -0.3 is 5.11 Å². The first kappa shape index (κ1) is 13.9. The molecule has 0 aliphatic rings. The summed E-state index contributed by atoms with van der Waals surface area (Å²) in [6.07, 6.45) is 1.54. The Labute approximate surface area is 86.8 Å². The van der Waals surface area contributed by atoms with Gasteiger partial charge >= 0.3 is 0 Å². The molecule has 0 bridgehead atoms. The number of aliphatic hydroxyl groups excluding tert-OH is 1. The highest BCUT2D eigenvalue weighted by Crippen LogP contribution is 2.11. The monoisotopic (exact) mass is 223 g/mol. The van der Waals surface area contributed by atoms with E-state index >= 15 is 0 Å². The Morgan fingerprint density at radius 1 is 1.36 bits per heavy atom. The molecular formula is C9H21NO3S. The van der Waals surface area contributed by atoms with Crippen molar-refractivity contribution in [3.05, 3.63) is 0 Å². The lowest BCUT2D eigenvalue weighted by Gasteiger charge is -2.21. The second kappa shape index (κ2) is 5.68. The molecule has 0 atom stereocenters. The van der Waals surface area contributed by atoms with E-state index in [9.17, 15) is 8.42 Å². The van der Waals surface area contributed by atoms with Gasteiger partial charge in [-0.15, -0.1) is 0 Å². The van der Waals surface area contributed by atoms with Crippen LogP contribution in [0.1, 0.15) is 33.6 Å². The van der Waals surface area contributed by atoms with Gasteiger partial charge in [0.15, 0.2) is 0 Å². The fraction of sp³-hybridized carbons (Fsp3) is 1.00. The minimum atomic E-state index is -3.15. The summed E-state index contributed by atoms with van der Waals surface area (Å²) in [6, 6.07) is 0. The lowest BCUT2D eigenvalue weighted by Crippen LogP contribution is -2.37. The van der Waals surface area contributed by atoms with Crippen molar-refractivity contribution in [3.8, 4) is 0 Å². The molecular weight excluding hydrogens is 202 g/mol. The second-order valence-corrected chi connectivity index (χ2v) is 6.24. The molecule has 0 heterocycles. The van der Waals surface area contributed by atoms with Crippen LogP contribution in [0.5, 0.6) is 0 Å². The lowest BCUT2D eigenvalue weighted by molar-refractivity contribution is 0.163. The second-order valence-electron chi connectivity index (χ2n) is 4.32. The van der Waals surface area contributed by atoms with E-state index in [0.29, 0.717) is 6.42 Å². The quantitative estimate of drug-likeness (QED) is 0.668. The third kappa shape index (κ3) is 6.34. The largest absolute Gasteiger partial charge is 0.396 e. The van der Waals surface area contributed by atoms with Gasteiger partial charge in [0.25, 0.3) is 0 Å². The zero-order chi connectivity index (χ0) is 11.2. The van der Waals surface area contributed by atoms with Crippen LogP contribution < -0.4 is 4.72 Å². The number of hydrogen-bond donors (Lipinski definition) is 2. The maximum atomic E-state index is 11.4. The number of unbranched alkanes of at least 4 members (excludes halogenated alkanes) is 1. The molecule has 0 aliphatic heterocycles. The summed E-state index contributed by atoms with van der Waals surface area (Å²) in [5.74, 6) is 0.172. The zero-order valence-electron chi connectivity index (χ0n) is 9.21. The van der Waals surface area contributed by atoms with E-state index in [4.69, 9.17) is 5.11 Å². The van der Waals surface area contributed by atoms with E-state index in [2.05, 4.69) is 4.72 Å². The van der Waals surface area contributed by atoms with Gasteiger partial charge in [-0.1, -0.05) is 27.2 Å². The van der Waals surface area contributed by atoms with Gasteiger partial charge in [0.1, 0.15) is 0 Å². The third-order valence-electron chi connectivity index (χ3n) is 1.97. The van der Waals surface area contributed by atoms with Crippen molar-refractivity contribution < 1.29 is 13.5 Å². The number of hydrogen-bond acceptors (Lipinski definition) is 3. The van der Waals surface area contributed by atoms with Gasteiger partial charge in [0, 0.05) is 18.6 Å². The predicted octanol–water partition coefficient (Wildman–Crippen LogP) is 0.724. The summed E-state index contributed by atoms with van der Waals surface area (Å²) in [5.41, 5.74) is -0.390. The molecule has 86 valence electrons. The van der Waals surface area contributed by atoms with Crippen molar-refractivity contribution in [2.24, 2.45) is 5.41 Å². The van der Waals surface area contributed by atoms with E-state index in [0.717, 1.165) is 6.42 Å². The van der Waals surface area contributed by atoms with Gasteiger partial charge in [-0.2, -0.15) is 0 Å². The van der Waals surface area contributed by atoms with Crippen molar-refractivity contribution in [2.45, 2.75) is 33.6 Å². The van der Waals surface area contributed by atoms with Crippen molar-refractivity contribution >= 4 is 10.0 Å². The van der Waals surface area contributed by atoms with Crippen LogP contribution in [0.3, 0.4) is 0 Å². The zero-order valence-corrected chi connectivity index (χ0v) is 10.0. The SMILES string of the molecule is CCCCS(=O)(=O)NCC(C)(C)CO. The average molecular weight is 223 g/mol. The van der Waals surface area contributed by atoms with Gasteiger partial charge in [0.2, 0.25) is 10.0 Å². The van der Waals surface area contributed by atoms with Crippen LogP contribution in [-0.4, -0.2) is 32.4 Å². The number of aliphatic hydroxyl groups is 1. The molecule has 2 N–H and O–H groups in total. The van der Waals surface area contributed by atoms with E-state index < -0.39 is 10.0 Å². The molecule has 0 unspecified atom stereocenters. The van der Waals surface area contributed by atoms with Gasteiger partial charge in [-0.05, 0) is 6.42 Å². The normalized spacial score (nSPS) is 13.1. The minimum absolute atomic E-state index is 0.0245. The fourth-order valence-corrected chi connectivity index (χ4v) is 2.19. The average Bonchev–Trinajstić information content (AvgIpc) is 2.12. The number of nitrogens with one attached hydrogen (secondary N) is 1. The van der Waals surface area contributed by atoms with Crippen LogP contribution in [0.4, 0.5) is 0 Å². The topological polar surface area (TPSA) is 66.4 Å². The van der Waals surface area contributed by atoms with Crippen LogP contribution in [-0.2, 0) is 10.0 Å². The molecule has 0 aliphatic carbocycles. The van der Waals surface area contributed by atoms with E-state index in [1.807, 2.05) is 20.8 Å². The predicted molar refractivity (Wildman–Crippen MR) is 57.6 cm³/mol. The Balaban J connectivity index is 4.00. The smallest absolute Gasteiger partial charge is 0.211 e. The first-order valence-corrected chi connectivity index (χ1v) is 6.56. The summed E-state index contributed by atoms with van der Waals surface area (Å²) in [4.78, 5) is 0. The highest BCUT2D eigenvalue weighted by atomic mass is 32.2. The molecule has 0 amide bonds. The molecule has 0 radical (unpaired) electrons. The molecule has 0 aromatic heterocycles. The van der Waals surface area contributed by atoms with Gasteiger partial charge in [-0.25, -0.2) is 13.1 Å². The summed E-state index contributed by atoms with van der Waals surface area (Å²) in [7, 11) is -3.15. The summed E-state index contributed by atoms with van der Waals surface area (Å²) >= 11 is 0. The first-order chi connectivity index (χ1) is 6.33. The molecule has 0 aromatic rings. The maximum Gasteiger partial charge on any atom is 0.211 e. The molecule has 0 fully saturated rings. The molecule has 0 spiro atoms. The molecule has 14 heavy (non-hydrogen) atoms. The molecule has 0 aromatic carbocycles. The van der Waals surface area contributed by atoms with Crippen molar-refractivity contribution in [1.29, 1.82) is 0 Å². The summed E-state index contributed by atoms with van der Waals surface area (Å²) < 4.78 is 25.2. The van der Waals surface area contributed by atoms with E-state index in [1.165, 1.54) is 0 Å². The highest BCUT2D eigenvalue weighted by molar-refractivity contribution is 7.89. The first-order valence-electron chi connectivity index (χ1n) is 4.91. The molecule has 5 heteroatoms. The van der Waals surface area contributed by atoms with Crippen molar-refractivity contribution in [3.63, 3.8) is 0 Å². The number of rotatable bonds is 7. The van der Waals surface area contributed by atoms with Crippen LogP contribution >= 0.6 is 0 Å². The summed E-state index contributed by atoms with van der Waals surface area (Å²) in [5, 5.41) is 8.93. The van der Waals surface area contributed by atoms with Crippen LogP contribution in [0.15, 0.2) is 0 Å². The Morgan fingerprint density at radius 3 is 2.36 bits per heavy atom. The van der Waals surface area contributed by atoms with Gasteiger partial charge in [-0.3, -0.25) is 0 Å². The molecule has 0 saturated heterocycles. The van der Waals surface area contributed by atoms with Crippen molar-refractivity contribution in [2.75, 3.05) is 18.9 Å². The van der Waals surface area contributed by atoms with Gasteiger partial charge in [0.05, 0.1) is 5.75 Å². The summed E-state index contributed by atoms with van der Waals surface area (Å²) in [6.45, 7) is 5.84. The van der Waals surface area contributed by atoms with Crippen LogP contribution in [0.2, 0.25) is 0 Å². The standard InChI is InChI=1S/C9H21NO3S/c1-4-5-6-14(12,13)10-7-9(2,3)8-11/h10-11H,4-8H2,1-3H3. The number of sulfonamides is 1. The molecule has 4 nitrogen and oxygen atoms in total. The van der Waals surface area contributed by atoms with Crippen LogP contribution in [0, 0.1) is 5.41 Å². The Hall–Kier alpha value is -0.130. The Kier molecular flexibility index (Phi) is 5.63. The highest BCUT2D eigenvalue weighted by Gasteiger charge is 2.19. The van der Waals surface area contributed by atoms with Crippen molar-refractivity contribution in [1.82, 2.24) is 4.72 Å². The Morgan fingerprint density at radius 2 is 1.93 bits per heavy atom. The van der Waals surface area contributed by atoms with E-state index in [1.54, 1.807) is 0 Å². The fourth-order valence-electron chi connectivity index (χ4n) is 0.768.